The van der Waals surface area contributed by atoms with Crippen molar-refractivity contribution < 1.29 is 0 Å². The van der Waals surface area contributed by atoms with Gasteiger partial charge in [0.15, 0.2) is 0 Å². The molecule has 2 rings (SSSR count). The van der Waals surface area contributed by atoms with Crippen molar-refractivity contribution in [1.29, 1.82) is 0 Å². The van der Waals surface area contributed by atoms with Crippen LogP contribution in [0.25, 0.3) is 0 Å². The average molecular weight is 238 g/mol. The highest BCUT2D eigenvalue weighted by Crippen LogP contribution is 2.40. The number of likely N-dealkylation sites (tertiary alicyclic amines) is 1. The molecule has 2 heteroatoms. The maximum absolute atomic E-state index is 6.07. The van der Waals surface area contributed by atoms with Gasteiger partial charge in [0.2, 0.25) is 0 Å². The zero-order chi connectivity index (χ0) is 12.5. The van der Waals surface area contributed by atoms with Crippen LogP contribution in [0.15, 0.2) is 0 Å². The third-order valence-electron chi connectivity index (χ3n) is 5.36. The molecule has 0 amide bonds. The van der Waals surface area contributed by atoms with Gasteiger partial charge in [-0.2, -0.15) is 0 Å². The summed E-state index contributed by atoms with van der Waals surface area (Å²) in [5.41, 5.74) is 6.52. The topological polar surface area (TPSA) is 29.3 Å². The SMILES string of the molecule is CC1CC(C)C(C)N(CC2(CN)CCCC2)C1. The molecule has 3 atom stereocenters. The fourth-order valence-electron chi connectivity index (χ4n) is 4.02. The van der Waals surface area contributed by atoms with Crippen molar-refractivity contribution >= 4 is 0 Å². The second kappa shape index (κ2) is 5.27. The molecule has 2 nitrogen and oxygen atoms in total. The van der Waals surface area contributed by atoms with Crippen LogP contribution >= 0.6 is 0 Å². The Morgan fingerprint density at radius 1 is 1.18 bits per heavy atom. The van der Waals surface area contributed by atoms with Gasteiger partial charge in [-0.15, -0.1) is 0 Å². The zero-order valence-corrected chi connectivity index (χ0v) is 11.9. The minimum Gasteiger partial charge on any atom is -0.330 e. The Bertz CT molecular complexity index is 245. The fourth-order valence-corrected chi connectivity index (χ4v) is 4.02. The first-order valence-electron chi connectivity index (χ1n) is 7.50. The predicted octanol–water partition coefficient (Wildman–Crippen LogP) is 2.87. The van der Waals surface area contributed by atoms with Crippen LogP contribution in [0.2, 0.25) is 0 Å². The Balaban J connectivity index is 2.00. The molecule has 1 saturated carbocycles. The summed E-state index contributed by atoms with van der Waals surface area (Å²) < 4.78 is 0. The lowest BCUT2D eigenvalue weighted by Gasteiger charge is -2.45. The summed E-state index contributed by atoms with van der Waals surface area (Å²) in [6.07, 6.45) is 6.90. The van der Waals surface area contributed by atoms with Gasteiger partial charge in [0.05, 0.1) is 0 Å². The summed E-state index contributed by atoms with van der Waals surface area (Å²) >= 11 is 0. The Morgan fingerprint density at radius 2 is 1.82 bits per heavy atom. The van der Waals surface area contributed by atoms with Crippen molar-refractivity contribution in [2.24, 2.45) is 23.0 Å². The molecule has 1 aliphatic carbocycles. The van der Waals surface area contributed by atoms with Crippen molar-refractivity contribution in [2.75, 3.05) is 19.6 Å². The van der Waals surface area contributed by atoms with Crippen molar-refractivity contribution in [3.63, 3.8) is 0 Å². The summed E-state index contributed by atoms with van der Waals surface area (Å²) in [6, 6.07) is 0.746. The summed E-state index contributed by atoms with van der Waals surface area (Å²) in [5.74, 6) is 1.70. The second-order valence-corrected chi connectivity index (χ2v) is 6.90. The molecule has 2 fully saturated rings. The molecule has 17 heavy (non-hydrogen) atoms. The first kappa shape index (κ1) is 13.4. The maximum Gasteiger partial charge on any atom is 0.00930 e. The van der Waals surface area contributed by atoms with Gasteiger partial charge in [0, 0.05) is 19.1 Å². The molecule has 1 heterocycles. The average Bonchev–Trinajstić information content (AvgIpc) is 2.74. The Labute approximate surface area is 107 Å². The van der Waals surface area contributed by atoms with E-state index < -0.39 is 0 Å². The third-order valence-corrected chi connectivity index (χ3v) is 5.36. The van der Waals surface area contributed by atoms with Gasteiger partial charge in [-0.05, 0) is 50.0 Å². The van der Waals surface area contributed by atoms with E-state index in [0.29, 0.717) is 5.41 Å². The monoisotopic (exact) mass is 238 g/mol. The number of piperidine rings is 1. The van der Waals surface area contributed by atoms with Crippen LogP contribution in [0.4, 0.5) is 0 Å². The smallest absolute Gasteiger partial charge is 0.00930 e. The Morgan fingerprint density at radius 3 is 2.41 bits per heavy atom. The number of rotatable bonds is 3. The van der Waals surface area contributed by atoms with Crippen LogP contribution in [0, 0.1) is 17.3 Å². The fraction of sp³-hybridized carbons (Fsp3) is 1.00. The summed E-state index contributed by atoms with van der Waals surface area (Å²) in [5, 5.41) is 0. The molecule has 0 bridgehead atoms. The first-order valence-corrected chi connectivity index (χ1v) is 7.50. The second-order valence-electron chi connectivity index (χ2n) is 6.90. The lowest BCUT2D eigenvalue weighted by molar-refractivity contribution is 0.0398. The molecule has 0 aromatic carbocycles. The summed E-state index contributed by atoms with van der Waals surface area (Å²) in [6.45, 7) is 10.7. The van der Waals surface area contributed by atoms with Gasteiger partial charge < -0.3 is 5.73 Å². The molecule has 100 valence electrons. The Hall–Kier alpha value is -0.0800. The summed E-state index contributed by atoms with van der Waals surface area (Å²) in [7, 11) is 0. The number of nitrogens with zero attached hydrogens (tertiary/aromatic N) is 1. The van der Waals surface area contributed by atoms with Crippen molar-refractivity contribution in [3.05, 3.63) is 0 Å². The van der Waals surface area contributed by atoms with Crippen LogP contribution < -0.4 is 5.73 Å². The van der Waals surface area contributed by atoms with Crippen molar-refractivity contribution in [3.8, 4) is 0 Å². The lowest BCUT2D eigenvalue weighted by Crippen LogP contribution is -2.51. The molecule has 3 unspecified atom stereocenters. The zero-order valence-electron chi connectivity index (χ0n) is 11.9. The van der Waals surface area contributed by atoms with Crippen molar-refractivity contribution in [2.45, 2.75) is 58.9 Å². The van der Waals surface area contributed by atoms with Crippen LogP contribution in [-0.2, 0) is 0 Å². The highest BCUT2D eigenvalue weighted by molar-refractivity contribution is 4.92. The van der Waals surface area contributed by atoms with Crippen LogP contribution in [0.3, 0.4) is 0 Å². The molecule has 2 N–H and O–H groups in total. The van der Waals surface area contributed by atoms with Gasteiger partial charge in [-0.3, -0.25) is 4.90 Å². The molecular weight excluding hydrogens is 208 g/mol. The maximum atomic E-state index is 6.07. The van der Waals surface area contributed by atoms with Gasteiger partial charge in [-0.1, -0.05) is 26.7 Å². The lowest BCUT2D eigenvalue weighted by atomic mass is 9.81. The van der Waals surface area contributed by atoms with Gasteiger partial charge in [0.25, 0.3) is 0 Å². The quantitative estimate of drug-likeness (QED) is 0.819. The number of hydrogen-bond donors (Lipinski definition) is 1. The van der Waals surface area contributed by atoms with Gasteiger partial charge >= 0.3 is 0 Å². The van der Waals surface area contributed by atoms with E-state index in [1.165, 1.54) is 45.2 Å². The molecule has 0 aromatic heterocycles. The van der Waals surface area contributed by atoms with E-state index >= 15 is 0 Å². The minimum atomic E-state index is 0.449. The van der Waals surface area contributed by atoms with E-state index in [4.69, 9.17) is 5.73 Å². The molecule has 1 aliphatic heterocycles. The molecule has 1 saturated heterocycles. The highest BCUT2D eigenvalue weighted by atomic mass is 15.2. The molecule has 0 aromatic rings. The van der Waals surface area contributed by atoms with E-state index in [1.54, 1.807) is 0 Å². The standard InChI is InChI=1S/C15H30N2/c1-12-8-13(2)14(3)17(9-12)11-15(10-16)6-4-5-7-15/h12-14H,4-11,16H2,1-3H3. The highest BCUT2D eigenvalue weighted by Gasteiger charge is 2.38. The number of hydrogen-bond acceptors (Lipinski definition) is 2. The van der Waals surface area contributed by atoms with Crippen LogP contribution in [0.1, 0.15) is 52.9 Å². The predicted molar refractivity (Wildman–Crippen MR) is 73.9 cm³/mol. The minimum absolute atomic E-state index is 0.449. The Kier molecular flexibility index (Phi) is 4.14. The molecular formula is C15H30N2. The third kappa shape index (κ3) is 2.85. The van der Waals surface area contributed by atoms with E-state index in [1.807, 2.05) is 0 Å². The summed E-state index contributed by atoms with van der Waals surface area (Å²) in [4.78, 5) is 2.73. The largest absolute Gasteiger partial charge is 0.330 e. The van der Waals surface area contributed by atoms with Gasteiger partial charge in [-0.25, -0.2) is 0 Å². The molecule has 0 radical (unpaired) electrons. The van der Waals surface area contributed by atoms with E-state index in [2.05, 4.69) is 25.7 Å². The van der Waals surface area contributed by atoms with E-state index in [9.17, 15) is 0 Å². The van der Waals surface area contributed by atoms with Crippen LogP contribution in [-0.4, -0.2) is 30.6 Å². The van der Waals surface area contributed by atoms with Crippen molar-refractivity contribution in [1.82, 2.24) is 4.90 Å². The first-order chi connectivity index (χ1) is 8.06. The van der Waals surface area contributed by atoms with Gasteiger partial charge in [0.1, 0.15) is 0 Å². The molecule has 0 spiro atoms. The molecule has 2 aliphatic rings. The van der Waals surface area contributed by atoms with E-state index in [-0.39, 0.29) is 0 Å². The van der Waals surface area contributed by atoms with Crippen LogP contribution in [0.5, 0.6) is 0 Å². The van der Waals surface area contributed by atoms with E-state index in [0.717, 1.165) is 24.4 Å². The normalized spacial score (nSPS) is 38.5. The number of nitrogens with two attached hydrogens (primary N) is 1.